The fraction of sp³-hybridized carbons (Fsp3) is 0.115. The number of rotatable bonds is 6. The Bertz CT molecular complexity index is 1200. The third-order valence-corrected chi connectivity index (χ3v) is 6.14. The van der Waals surface area contributed by atoms with Gasteiger partial charge in [-0.3, -0.25) is 4.79 Å². The van der Waals surface area contributed by atoms with Crippen molar-refractivity contribution in [2.45, 2.75) is 6.92 Å². The van der Waals surface area contributed by atoms with E-state index >= 15 is 0 Å². The summed E-state index contributed by atoms with van der Waals surface area (Å²) in [5, 5.41) is 1.20. The first-order valence-electron chi connectivity index (χ1n) is 9.63. The van der Waals surface area contributed by atoms with Crippen molar-refractivity contribution < 1.29 is 14.3 Å². The van der Waals surface area contributed by atoms with E-state index < -0.39 is 0 Å². The number of benzene rings is 3. The van der Waals surface area contributed by atoms with E-state index in [4.69, 9.17) is 9.47 Å². The fourth-order valence-electron chi connectivity index (χ4n) is 3.34. The van der Waals surface area contributed by atoms with Crippen LogP contribution in [-0.4, -0.2) is 20.0 Å². The van der Waals surface area contributed by atoms with Crippen LogP contribution in [0.1, 0.15) is 21.5 Å². The molecule has 0 bridgehead atoms. The quantitative estimate of drug-likeness (QED) is 0.257. The molecule has 0 saturated carbocycles. The number of hydrogen-bond acceptors (Lipinski definition) is 4. The summed E-state index contributed by atoms with van der Waals surface area (Å²) in [6, 6.07) is 21.9. The van der Waals surface area contributed by atoms with Crippen molar-refractivity contribution in [3.05, 3.63) is 89.5 Å². The molecule has 0 N–H and O–H groups in total. The first-order chi connectivity index (χ1) is 14.6. The highest BCUT2D eigenvalue weighted by Crippen LogP contribution is 2.41. The molecule has 1 heterocycles. The largest absolute Gasteiger partial charge is 0.496 e. The van der Waals surface area contributed by atoms with Crippen molar-refractivity contribution >= 4 is 33.3 Å². The number of hydrogen-bond donors (Lipinski definition) is 0. The van der Waals surface area contributed by atoms with E-state index in [9.17, 15) is 4.79 Å². The second kappa shape index (κ2) is 8.56. The van der Waals surface area contributed by atoms with Gasteiger partial charge in [-0.25, -0.2) is 0 Å². The predicted octanol–water partition coefficient (Wildman–Crippen LogP) is 6.79. The van der Waals surface area contributed by atoms with Gasteiger partial charge in [-0.1, -0.05) is 48.0 Å². The number of ether oxygens (including phenoxy) is 2. The molecular weight excluding hydrogens is 392 g/mol. The molecule has 0 amide bonds. The molecule has 0 unspecified atom stereocenters. The average molecular weight is 415 g/mol. The molecule has 0 saturated heterocycles. The van der Waals surface area contributed by atoms with Gasteiger partial charge in [0.05, 0.1) is 14.2 Å². The minimum absolute atomic E-state index is 0.0451. The number of allylic oxidation sites excluding steroid dienone is 1. The highest BCUT2D eigenvalue weighted by molar-refractivity contribution is 7.22. The van der Waals surface area contributed by atoms with Crippen molar-refractivity contribution in [1.29, 1.82) is 0 Å². The summed E-state index contributed by atoms with van der Waals surface area (Å²) in [6.07, 6.45) is 3.39. The molecule has 3 aromatic carbocycles. The summed E-state index contributed by atoms with van der Waals surface area (Å²) in [5.74, 6) is 1.35. The first kappa shape index (κ1) is 19.9. The second-order valence-electron chi connectivity index (χ2n) is 7.01. The normalized spacial score (nSPS) is 11.2. The Morgan fingerprint density at radius 3 is 2.33 bits per heavy atom. The van der Waals surface area contributed by atoms with Crippen LogP contribution in [0.5, 0.6) is 11.5 Å². The molecule has 4 heteroatoms. The van der Waals surface area contributed by atoms with Gasteiger partial charge in [0.25, 0.3) is 0 Å². The maximum absolute atomic E-state index is 12.6. The van der Waals surface area contributed by atoms with E-state index in [2.05, 4.69) is 18.2 Å². The van der Waals surface area contributed by atoms with Gasteiger partial charge in [-0.15, -0.1) is 11.3 Å². The highest BCUT2D eigenvalue weighted by atomic mass is 32.1. The topological polar surface area (TPSA) is 35.5 Å². The zero-order valence-electron chi connectivity index (χ0n) is 17.1. The molecular formula is C26H22O3S. The molecule has 0 aliphatic carbocycles. The van der Waals surface area contributed by atoms with Crippen molar-refractivity contribution in [2.75, 3.05) is 14.2 Å². The zero-order valence-corrected chi connectivity index (χ0v) is 18.0. The summed E-state index contributed by atoms with van der Waals surface area (Å²) in [4.78, 5) is 13.7. The van der Waals surface area contributed by atoms with Crippen LogP contribution in [0.25, 0.3) is 26.6 Å². The number of fused-ring (bicyclic) bond motifs is 1. The molecule has 0 aliphatic rings. The molecule has 150 valence electrons. The first-order valence-corrected chi connectivity index (χ1v) is 10.4. The molecule has 30 heavy (non-hydrogen) atoms. The number of thiophene rings is 1. The van der Waals surface area contributed by atoms with E-state index in [0.29, 0.717) is 11.3 Å². The monoisotopic (exact) mass is 414 g/mol. The van der Waals surface area contributed by atoms with Gasteiger partial charge in [0.1, 0.15) is 11.5 Å². The maximum Gasteiger partial charge on any atom is 0.185 e. The Kier molecular flexibility index (Phi) is 5.68. The van der Waals surface area contributed by atoms with Crippen LogP contribution in [0.2, 0.25) is 0 Å². The Labute approximate surface area is 180 Å². The lowest BCUT2D eigenvalue weighted by molar-refractivity contribution is 0.104. The Morgan fingerprint density at radius 2 is 1.63 bits per heavy atom. The standard InChI is InChI=1S/C26H22O3S/c1-17-8-10-18(11-9-17)22(27)13-12-19-14-21(24(29-3)16-23(19)28-2)26-15-20-6-4-5-7-25(20)30-26/h4-16H,1-3H3/b13-12-. The highest BCUT2D eigenvalue weighted by Gasteiger charge is 2.14. The zero-order chi connectivity index (χ0) is 21.1. The van der Waals surface area contributed by atoms with Gasteiger partial charge in [0.2, 0.25) is 0 Å². The van der Waals surface area contributed by atoms with Gasteiger partial charge in [0, 0.05) is 32.3 Å². The molecule has 0 spiro atoms. The second-order valence-corrected chi connectivity index (χ2v) is 8.09. The van der Waals surface area contributed by atoms with Crippen LogP contribution in [0.4, 0.5) is 0 Å². The van der Waals surface area contributed by atoms with Crippen molar-refractivity contribution in [1.82, 2.24) is 0 Å². The van der Waals surface area contributed by atoms with E-state index in [0.717, 1.165) is 27.3 Å². The van der Waals surface area contributed by atoms with Gasteiger partial charge in [0.15, 0.2) is 5.78 Å². The van der Waals surface area contributed by atoms with Gasteiger partial charge >= 0.3 is 0 Å². The molecule has 0 atom stereocenters. The summed E-state index contributed by atoms with van der Waals surface area (Å²) < 4.78 is 12.4. The molecule has 0 radical (unpaired) electrons. The lowest BCUT2D eigenvalue weighted by atomic mass is 10.0. The maximum atomic E-state index is 12.6. The molecule has 0 aliphatic heterocycles. The lowest BCUT2D eigenvalue weighted by Gasteiger charge is -2.12. The van der Waals surface area contributed by atoms with E-state index in [1.165, 1.54) is 10.1 Å². The van der Waals surface area contributed by atoms with E-state index in [-0.39, 0.29) is 5.78 Å². The molecule has 4 aromatic rings. The smallest absolute Gasteiger partial charge is 0.185 e. The number of ketones is 1. The van der Waals surface area contributed by atoms with E-state index in [1.807, 2.05) is 55.5 Å². The molecule has 1 aromatic heterocycles. The fourth-order valence-corrected chi connectivity index (χ4v) is 4.42. The Balaban J connectivity index is 1.74. The minimum Gasteiger partial charge on any atom is -0.496 e. The SMILES string of the molecule is COc1cc(OC)c(-c2cc3ccccc3s2)cc1/C=C\C(=O)c1ccc(C)cc1. The summed E-state index contributed by atoms with van der Waals surface area (Å²) in [7, 11) is 3.27. The lowest BCUT2D eigenvalue weighted by Crippen LogP contribution is -1.95. The van der Waals surface area contributed by atoms with Crippen LogP contribution in [-0.2, 0) is 0 Å². The number of aryl methyl sites for hydroxylation is 1. The molecule has 0 fully saturated rings. The molecule has 4 rings (SSSR count). The van der Waals surface area contributed by atoms with Gasteiger partial charge < -0.3 is 9.47 Å². The Morgan fingerprint density at radius 1 is 0.900 bits per heavy atom. The van der Waals surface area contributed by atoms with Gasteiger partial charge in [-0.2, -0.15) is 0 Å². The van der Waals surface area contributed by atoms with Gasteiger partial charge in [-0.05, 0) is 42.7 Å². The minimum atomic E-state index is -0.0451. The Hall–Kier alpha value is -3.37. The number of carbonyl (C=O) groups excluding carboxylic acids is 1. The van der Waals surface area contributed by atoms with Crippen LogP contribution < -0.4 is 9.47 Å². The van der Waals surface area contributed by atoms with Crippen LogP contribution in [0.3, 0.4) is 0 Å². The molecule has 3 nitrogen and oxygen atoms in total. The van der Waals surface area contributed by atoms with Crippen molar-refractivity contribution in [2.24, 2.45) is 0 Å². The third-order valence-electron chi connectivity index (χ3n) is 4.99. The summed E-state index contributed by atoms with van der Waals surface area (Å²) in [6.45, 7) is 2.00. The predicted molar refractivity (Wildman–Crippen MR) is 125 cm³/mol. The summed E-state index contributed by atoms with van der Waals surface area (Å²) in [5.41, 5.74) is 3.59. The van der Waals surface area contributed by atoms with Crippen molar-refractivity contribution in [3.63, 3.8) is 0 Å². The van der Waals surface area contributed by atoms with Crippen LogP contribution in [0, 0.1) is 6.92 Å². The van der Waals surface area contributed by atoms with Crippen molar-refractivity contribution in [3.8, 4) is 21.9 Å². The van der Waals surface area contributed by atoms with Crippen LogP contribution in [0.15, 0.2) is 72.8 Å². The number of carbonyl (C=O) groups is 1. The number of methoxy groups -OCH3 is 2. The van der Waals surface area contributed by atoms with Crippen LogP contribution >= 0.6 is 11.3 Å². The van der Waals surface area contributed by atoms with E-state index in [1.54, 1.807) is 37.7 Å². The summed E-state index contributed by atoms with van der Waals surface area (Å²) >= 11 is 1.71. The average Bonchev–Trinajstić information content (AvgIpc) is 3.21. The third kappa shape index (κ3) is 4.00.